The number of para-hydroxylation sites is 1. The molecule has 1 aliphatic heterocycles. The Morgan fingerprint density at radius 3 is 2.83 bits per heavy atom. The molecular formula is C19H24N2O2. The molecule has 1 N–H and O–H groups in total. The highest BCUT2D eigenvalue weighted by Gasteiger charge is 2.24. The molecule has 0 bridgehead atoms. The predicted octanol–water partition coefficient (Wildman–Crippen LogP) is 3.35. The monoisotopic (exact) mass is 312 g/mol. The van der Waals surface area contributed by atoms with Crippen LogP contribution in [0.15, 0.2) is 30.3 Å². The van der Waals surface area contributed by atoms with Crippen molar-refractivity contribution in [3.8, 4) is 0 Å². The summed E-state index contributed by atoms with van der Waals surface area (Å²) in [5.41, 5.74) is 1.95. The van der Waals surface area contributed by atoms with Gasteiger partial charge >= 0.3 is 0 Å². The van der Waals surface area contributed by atoms with E-state index in [1.807, 2.05) is 18.2 Å². The average molecular weight is 312 g/mol. The van der Waals surface area contributed by atoms with Gasteiger partial charge in [0.15, 0.2) is 0 Å². The summed E-state index contributed by atoms with van der Waals surface area (Å²) >= 11 is 0. The molecule has 4 heteroatoms. The summed E-state index contributed by atoms with van der Waals surface area (Å²) in [6.07, 6.45) is 5.77. The number of carbonyl (C=O) groups excluding carboxylic acids is 1. The number of fused-ring (bicyclic) bond motifs is 1. The summed E-state index contributed by atoms with van der Waals surface area (Å²) in [7, 11) is 0. The lowest BCUT2D eigenvalue weighted by Crippen LogP contribution is -2.34. The normalized spacial score (nSPS) is 22.0. The van der Waals surface area contributed by atoms with Gasteiger partial charge in [0.1, 0.15) is 5.69 Å². The van der Waals surface area contributed by atoms with E-state index in [2.05, 4.69) is 22.0 Å². The third-order valence-electron chi connectivity index (χ3n) is 5.20. The zero-order chi connectivity index (χ0) is 15.6. The quantitative estimate of drug-likeness (QED) is 0.941. The van der Waals surface area contributed by atoms with Gasteiger partial charge in [0.05, 0.1) is 6.61 Å². The summed E-state index contributed by atoms with van der Waals surface area (Å²) in [5, 5.41) is 4.37. The van der Waals surface area contributed by atoms with Crippen LogP contribution >= 0.6 is 0 Å². The standard InChI is InChI=1S/C19H24N2O2/c22-19(20-16-6-2-3-7-16)18-11-15-5-1-4-8-17(15)21(18)12-14-9-10-23-13-14/h1,4-5,8,11,14,16H,2-3,6-7,9-10,12-13H2,(H,20,22). The lowest BCUT2D eigenvalue weighted by Gasteiger charge is -2.16. The van der Waals surface area contributed by atoms with Crippen molar-refractivity contribution in [1.82, 2.24) is 9.88 Å². The Labute approximate surface area is 136 Å². The van der Waals surface area contributed by atoms with E-state index in [-0.39, 0.29) is 5.91 Å². The molecule has 0 spiro atoms. The Morgan fingerprint density at radius 2 is 2.04 bits per heavy atom. The van der Waals surface area contributed by atoms with Crippen LogP contribution in [0.25, 0.3) is 10.9 Å². The second kappa shape index (κ2) is 6.36. The number of carbonyl (C=O) groups is 1. The molecular weight excluding hydrogens is 288 g/mol. The molecule has 0 radical (unpaired) electrons. The van der Waals surface area contributed by atoms with E-state index < -0.39 is 0 Å². The number of ether oxygens (including phenoxy) is 1. The SMILES string of the molecule is O=C(NC1CCCC1)c1cc2ccccc2n1CC1CCOC1. The molecule has 2 fully saturated rings. The zero-order valence-corrected chi connectivity index (χ0v) is 13.5. The molecule has 1 unspecified atom stereocenters. The number of aromatic nitrogens is 1. The Morgan fingerprint density at radius 1 is 1.22 bits per heavy atom. The first-order valence-corrected chi connectivity index (χ1v) is 8.78. The van der Waals surface area contributed by atoms with Gasteiger partial charge in [0.2, 0.25) is 0 Å². The van der Waals surface area contributed by atoms with Crippen molar-refractivity contribution in [2.24, 2.45) is 5.92 Å². The van der Waals surface area contributed by atoms with Crippen LogP contribution in [0.1, 0.15) is 42.6 Å². The first kappa shape index (κ1) is 14.8. The van der Waals surface area contributed by atoms with Crippen LogP contribution in [0.3, 0.4) is 0 Å². The Bertz CT molecular complexity index is 694. The number of nitrogens with zero attached hydrogens (tertiary/aromatic N) is 1. The van der Waals surface area contributed by atoms with Crippen LogP contribution < -0.4 is 5.32 Å². The fourth-order valence-corrected chi connectivity index (χ4v) is 3.91. The lowest BCUT2D eigenvalue weighted by atomic mass is 10.1. The number of benzene rings is 1. The molecule has 1 amide bonds. The molecule has 1 aliphatic carbocycles. The summed E-state index contributed by atoms with van der Waals surface area (Å²) in [5.74, 6) is 0.579. The second-order valence-electron chi connectivity index (χ2n) is 6.88. The maximum absolute atomic E-state index is 12.8. The first-order valence-electron chi connectivity index (χ1n) is 8.78. The molecule has 4 nitrogen and oxygen atoms in total. The van der Waals surface area contributed by atoms with Crippen molar-refractivity contribution in [2.75, 3.05) is 13.2 Å². The largest absolute Gasteiger partial charge is 0.381 e. The van der Waals surface area contributed by atoms with E-state index >= 15 is 0 Å². The summed E-state index contributed by atoms with van der Waals surface area (Å²) in [6, 6.07) is 10.7. The van der Waals surface area contributed by atoms with Crippen molar-refractivity contribution in [1.29, 1.82) is 0 Å². The maximum Gasteiger partial charge on any atom is 0.268 e. The first-order chi connectivity index (χ1) is 11.3. The minimum Gasteiger partial charge on any atom is -0.381 e. The third-order valence-corrected chi connectivity index (χ3v) is 5.20. The molecule has 4 rings (SSSR count). The molecule has 1 saturated heterocycles. The van der Waals surface area contributed by atoms with Crippen molar-refractivity contribution >= 4 is 16.8 Å². The van der Waals surface area contributed by atoms with Gasteiger partial charge in [-0.1, -0.05) is 31.0 Å². The predicted molar refractivity (Wildman–Crippen MR) is 90.6 cm³/mol. The number of amides is 1. The molecule has 1 aromatic heterocycles. The fraction of sp³-hybridized carbons (Fsp3) is 0.526. The molecule has 2 heterocycles. The van der Waals surface area contributed by atoms with E-state index in [0.29, 0.717) is 12.0 Å². The smallest absolute Gasteiger partial charge is 0.268 e. The number of hydrogen-bond donors (Lipinski definition) is 1. The van der Waals surface area contributed by atoms with Gasteiger partial charge in [0.25, 0.3) is 5.91 Å². The highest BCUT2D eigenvalue weighted by atomic mass is 16.5. The Hall–Kier alpha value is -1.81. The number of rotatable bonds is 4. The van der Waals surface area contributed by atoms with Gasteiger partial charge in [-0.15, -0.1) is 0 Å². The van der Waals surface area contributed by atoms with Crippen molar-refractivity contribution in [2.45, 2.75) is 44.7 Å². The summed E-state index contributed by atoms with van der Waals surface area (Å²) in [4.78, 5) is 12.8. The van der Waals surface area contributed by atoms with Gasteiger partial charge < -0.3 is 14.6 Å². The van der Waals surface area contributed by atoms with Crippen LogP contribution in [0.4, 0.5) is 0 Å². The maximum atomic E-state index is 12.8. The van der Waals surface area contributed by atoms with Gasteiger partial charge in [0, 0.05) is 36.0 Å². The van der Waals surface area contributed by atoms with E-state index in [1.165, 1.54) is 12.8 Å². The van der Waals surface area contributed by atoms with Gasteiger partial charge in [-0.05, 0) is 31.4 Å². The van der Waals surface area contributed by atoms with E-state index in [9.17, 15) is 4.79 Å². The Kier molecular flexibility index (Phi) is 4.08. The van der Waals surface area contributed by atoms with Crippen LogP contribution in [0.5, 0.6) is 0 Å². The Balaban J connectivity index is 1.64. The van der Waals surface area contributed by atoms with E-state index in [0.717, 1.165) is 55.6 Å². The minimum atomic E-state index is 0.0759. The second-order valence-corrected chi connectivity index (χ2v) is 6.88. The molecule has 1 aromatic carbocycles. The van der Waals surface area contributed by atoms with E-state index in [1.54, 1.807) is 0 Å². The van der Waals surface area contributed by atoms with Crippen LogP contribution in [0, 0.1) is 5.92 Å². The fourth-order valence-electron chi connectivity index (χ4n) is 3.91. The number of nitrogens with one attached hydrogen (secondary N) is 1. The van der Waals surface area contributed by atoms with E-state index in [4.69, 9.17) is 4.74 Å². The van der Waals surface area contributed by atoms with Gasteiger partial charge in [-0.2, -0.15) is 0 Å². The van der Waals surface area contributed by atoms with Gasteiger partial charge in [-0.25, -0.2) is 0 Å². The highest BCUT2D eigenvalue weighted by Crippen LogP contribution is 2.25. The van der Waals surface area contributed by atoms with Crippen molar-refractivity contribution in [3.05, 3.63) is 36.0 Å². The molecule has 1 atom stereocenters. The molecule has 2 aliphatic rings. The summed E-state index contributed by atoms with van der Waals surface area (Å²) in [6.45, 7) is 2.50. The summed E-state index contributed by atoms with van der Waals surface area (Å²) < 4.78 is 7.71. The van der Waals surface area contributed by atoms with Gasteiger partial charge in [-0.3, -0.25) is 4.79 Å². The average Bonchev–Trinajstić information content (AvgIpc) is 3.29. The van der Waals surface area contributed by atoms with Crippen LogP contribution in [-0.4, -0.2) is 29.7 Å². The molecule has 2 aromatic rings. The lowest BCUT2D eigenvalue weighted by molar-refractivity contribution is 0.0927. The van der Waals surface area contributed by atoms with Crippen molar-refractivity contribution < 1.29 is 9.53 Å². The molecule has 1 saturated carbocycles. The number of hydrogen-bond acceptors (Lipinski definition) is 2. The van der Waals surface area contributed by atoms with Crippen molar-refractivity contribution in [3.63, 3.8) is 0 Å². The van der Waals surface area contributed by atoms with Crippen LogP contribution in [-0.2, 0) is 11.3 Å². The molecule has 23 heavy (non-hydrogen) atoms. The third kappa shape index (κ3) is 3.00. The molecule has 122 valence electrons. The topological polar surface area (TPSA) is 43.3 Å². The zero-order valence-electron chi connectivity index (χ0n) is 13.5. The minimum absolute atomic E-state index is 0.0759. The highest BCUT2D eigenvalue weighted by molar-refractivity contribution is 5.98. The van der Waals surface area contributed by atoms with Crippen LogP contribution in [0.2, 0.25) is 0 Å².